The number of hydrogen-bond donors (Lipinski definition) is 0. The topological polar surface area (TPSA) is 26.3 Å². The summed E-state index contributed by atoms with van der Waals surface area (Å²) in [4.78, 5) is 2.02. The average molecular weight is 223 g/mol. The van der Waals surface area contributed by atoms with Crippen LogP contribution < -0.4 is 10.0 Å². The van der Waals surface area contributed by atoms with E-state index < -0.39 is 0 Å². The minimum atomic E-state index is 0.0548. The summed E-state index contributed by atoms with van der Waals surface area (Å²) in [5.41, 5.74) is 1.88. The highest BCUT2D eigenvalue weighted by Gasteiger charge is 1.99. The molecule has 0 fully saturated rings. The lowest BCUT2D eigenvalue weighted by Gasteiger charge is -2.15. The maximum Gasteiger partial charge on any atom is 0.111 e. The van der Waals surface area contributed by atoms with E-state index in [1.54, 1.807) is 5.41 Å². The van der Waals surface area contributed by atoms with Crippen LogP contribution in [0.2, 0.25) is 0 Å². The third-order valence-electron chi connectivity index (χ3n) is 2.01. The summed E-state index contributed by atoms with van der Waals surface area (Å²) >= 11 is 0. The molecule has 0 atom stereocenters. The van der Waals surface area contributed by atoms with Crippen molar-refractivity contribution in [1.29, 1.82) is 0 Å². The summed E-state index contributed by atoms with van der Waals surface area (Å²) in [6.07, 6.45) is 4.07. The Morgan fingerprint density at radius 2 is 1.73 bits per heavy atom. The highest BCUT2D eigenvalue weighted by Crippen LogP contribution is 2.16. The second-order valence-corrected chi connectivity index (χ2v) is 5.80. The molecular weight excluding hydrogens is 206 g/mol. The largest absolute Gasteiger partial charge is 0.869 e. The molecule has 1 rings (SSSR count). The van der Waals surface area contributed by atoms with Crippen LogP contribution in [0, 0.1) is 0 Å². The Morgan fingerprint density at radius 3 is 2.13 bits per heavy atom. The van der Waals surface area contributed by atoms with Crippen LogP contribution >= 0.6 is 0 Å². The van der Waals surface area contributed by atoms with Gasteiger partial charge in [-0.3, -0.25) is 0 Å². The molecule has 0 unspecified atom stereocenters. The monoisotopic (exact) mass is 223 g/mol. The fourth-order valence-corrected chi connectivity index (χ4v) is 1.77. The Labute approximate surface area is 94.6 Å². The Kier molecular flexibility index (Phi) is 4.09. The van der Waals surface area contributed by atoms with Gasteiger partial charge in [-0.1, -0.05) is 17.9 Å². The average Bonchev–Trinajstić information content (AvgIpc) is 2.17. The van der Waals surface area contributed by atoms with Gasteiger partial charge in [-0.15, -0.1) is 0 Å². The second-order valence-electron chi connectivity index (χ2n) is 3.80. The maximum atomic E-state index is 11.7. The molecule has 0 saturated heterocycles. The highest BCUT2D eigenvalue weighted by atomic mass is 32.2. The van der Waals surface area contributed by atoms with E-state index in [1.807, 2.05) is 55.8 Å². The normalized spacial score (nSPS) is 11.9. The standard InChI is InChI=1S/C12H17NOS/c1-13(2)11-7-5-10(6-8-11)12(14)9-15(3)4/h5-9H,1-4H3/b12-9-. The summed E-state index contributed by atoms with van der Waals surface area (Å²) in [6, 6.07) is 7.68. The van der Waals surface area contributed by atoms with Gasteiger partial charge in [-0.25, -0.2) is 0 Å². The van der Waals surface area contributed by atoms with Crippen LogP contribution in [0.1, 0.15) is 5.56 Å². The summed E-state index contributed by atoms with van der Waals surface area (Å²) in [7, 11) is 4.02. The number of hydrogen-bond acceptors (Lipinski definition) is 2. The van der Waals surface area contributed by atoms with Gasteiger partial charge in [0.05, 0.1) is 0 Å². The van der Waals surface area contributed by atoms with Gasteiger partial charge in [0.2, 0.25) is 0 Å². The van der Waals surface area contributed by atoms with Gasteiger partial charge in [0, 0.05) is 30.7 Å². The Balaban J connectivity index is 2.89. The Morgan fingerprint density at radius 1 is 1.20 bits per heavy atom. The molecule has 15 heavy (non-hydrogen) atoms. The fraction of sp³-hybridized carbons (Fsp3) is 0.333. The van der Waals surface area contributed by atoms with Crippen molar-refractivity contribution in [3.8, 4) is 0 Å². The minimum Gasteiger partial charge on any atom is -0.869 e. The van der Waals surface area contributed by atoms with Crippen LogP contribution in [-0.2, 0) is 10.9 Å². The molecule has 3 heteroatoms. The Bertz CT molecular complexity index is 341. The SMILES string of the molecule is CN(C)c1ccc(/C([O-])=C/[S+](C)C)cc1. The number of nitrogens with zero attached hydrogens (tertiary/aromatic N) is 1. The van der Waals surface area contributed by atoms with Crippen LogP contribution in [-0.4, -0.2) is 26.6 Å². The lowest BCUT2D eigenvalue weighted by atomic mass is 10.2. The second kappa shape index (κ2) is 5.12. The Hall–Kier alpha value is -1.09. The first kappa shape index (κ1) is 12.0. The van der Waals surface area contributed by atoms with E-state index in [9.17, 15) is 5.11 Å². The van der Waals surface area contributed by atoms with Gasteiger partial charge in [-0.2, -0.15) is 0 Å². The lowest BCUT2D eigenvalue weighted by molar-refractivity contribution is -0.243. The number of benzene rings is 1. The van der Waals surface area contributed by atoms with Gasteiger partial charge >= 0.3 is 0 Å². The first-order valence-electron chi connectivity index (χ1n) is 4.73. The van der Waals surface area contributed by atoms with E-state index in [-0.39, 0.29) is 16.7 Å². The molecule has 0 radical (unpaired) electrons. The molecule has 82 valence electrons. The van der Waals surface area contributed by atoms with Gasteiger partial charge < -0.3 is 10.0 Å². The molecule has 0 spiro atoms. The van der Waals surface area contributed by atoms with E-state index >= 15 is 0 Å². The molecular formula is C12H17NOS. The van der Waals surface area contributed by atoms with Gasteiger partial charge in [0.25, 0.3) is 0 Å². The molecule has 1 aromatic rings. The summed E-state index contributed by atoms with van der Waals surface area (Å²) < 4.78 is 0. The third kappa shape index (κ3) is 3.51. The van der Waals surface area contributed by atoms with Crippen LogP contribution in [0.3, 0.4) is 0 Å². The fourth-order valence-electron chi connectivity index (χ4n) is 1.21. The zero-order valence-corrected chi connectivity index (χ0v) is 10.5. The first-order chi connectivity index (χ1) is 7.00. The molecule has 0 aliphatic heterocycles. The predicted octanol–water partition coefficient (Wildman–Crippen LogP) is 1.29. The molecule has 0 aliphatic rings. The molecule has 0 aliphatic carbocycles. The van der Waals surface area contributed by atoms with Crippen LogP contribution in [0.4, 0.5) is 5.69 Å². The van der Waals surface area contributed by atoms with E-state index in [4.69, 9.17) is 0 Å². The quantitative estimate of drug-likeness (QED) is 0.570. The zero-order chi connectivity index (χ0) is 11.4. The highest BCUT2D eigenvalue weighted by molar-refractivity contribution is 7.98. The van der Waals surface area contributed by atoms with E-state index in [1.165, 1.54) is 0 Å². The van der Waals surface area contributed by atoms with Crippen molar-refractivity contribution in [2.24, 2.45) is 0 Å². The van der Waals surface area contributed by atoms with Gasteiger partial charge in [-0.05, 0) is 17.7 Å². The number of rotatable bonds is 3. The van der Waals surface area contributed by atoms with E-state index in [0.29, 0.717) is 0 Å². The molecule has 2 nitrogen and oxygen atoms in total. The minimum absolute atomic E-state index is 0.0548. The smallest absolute Gasteiger partial charge is 0.111 e. The van der Waals surface area contributed by atoms with E-state index in [2.05, 4.69) is 0 Å². The molecule has 0 amide bonds. The van der Waals surface area contributed by atoms with Crippen molar-refractivity contribution in [3.63, 3.8) is 0 Å². The van der Waals surface area contributed by atoms with Crippen LogP contribution in [0.5, 0.6) is 0 Å². The van der Waals surface area contributed by atoms with Crippen molar-refractivity contribution >= 4 is 22.3 Å². The predicted molar refractivity (Wildman–Crippen MR) is 68.0 cm³/mol. The summed E-state index contributed by atoms with van der Waals surface area (Å²) in [5, 5.41) is 13.4. The van der Waals surface area contributed by atoms with Gasteiger partial charge in [0.1, 0.15) is 17.9 Å². The molecule has 0 N–H and O–H groups in total. The van der Waals surface area contributed by atoms with Crippen molar-refractivity contribution in [3.05, 3.63) is 35.2 Å². The first-order valence-corrected chi connectivity index (χ1v) is 6.84. The van der Waals surface area contributed by atoms with Crippen molar-refractivity contribution in [2.45, 2.75) is 0 Å². The van der Waals surface area contributed by atoms with Crippen molar-refractivity contribution < 1.29 is 5.11 Å². The van der Waals surface area contributed by atoms with Crippen molar-refractivity contribution in [2.75, 3.05) is 31.5 Å². The molecule has 0 heterocycles. The lowest BCUT2D eigenvalue weighted by Crippen LogP contribution is -2.09. The molecule has 0 bridgehead atoms. The van der Waals surface area contributed by atoms with E-state index in [0.717, 1.165) is 11.3 Å². The summed E-state index contributed by atoms with van der Waals surface area (Å²) in [6.45, 7) is 0. The van der Waals surface area contributed by atoms with Crippen molar-refractivity contribution in [1.82, 2.24) is 0 Å². The van der Waals surface area contributed by atoms with Crippen LogP contribution in [0.15, 0.2) is 29.7 Å². The maximum absolute atomic E-state index is 11.7. The van der Waals surface area contributed by atoms with Gasteiger partial charge in [0.15, 0.2) is 0 Å². The molecule has 0 aromatic heterocycles. The van der Waals surface area contributed by atoms with Crippen LogP contribution in [0.25, 0.3) is 5.76 Å². The summed E-state index contributed by atoms with van der Waals surface area (Å²) in [5.74, 6) is 0.119. The molecule has 0 saturated carbocycles. The zero-order valence-electron chi connectivity index (χ0n) is 9.65. The number of anilines is 1. The molecule has 1 aromatic carbocycles. The third-order valence-corrected chi connectivity index (χ3v) is 2.70.